The Morgan fingerprint density at radius 2 is 2.00 bits per heavy atom. The third kappa shape index (κ3) is 4.42. The smallest absolute Gasteiger partial charge is 0.271 e. The number of benzene rings is 1. The van der Waals surface area contributed by atoms with Gasteiger partial charge in [-0.1, -0.05) is 12.1 Å². The van der Waals surface area contributed by atoms with Gasteiger partial charge >= 0.3 is 0 Å². The van der Waals surface area contributed by atoms with E-state index in [1.807, 2.05) is 24.3 Å². The zero-order valence-electron chi connectivity index (χ0n) is 13.1. The summed E-state index contributed by atoms with van der Waals surface area (Å²) in [5, 5.41) is 6.10. The first-order chi connectivity index (χ1) is 11.2. The summed E-state index contributed by atoms with van der Waals surface area (Å²) in [6.07, 6.45) is 6.22. The Hall–Kier alpha value is -2.63. The van der Waals surface area contributed by atoms with Crippen molar-refractivity contribution in [3.8, 4) is 5.75 Å². The van der Waals surface area contributed by atoms with E-state index in [0.29, 0.717) is 18.3 Å². The van der Waals surface area contributed by atoms with Crippen molar-refractivity contribution >= 4 is 11.7 Å². The molecule has 23 heavy (non-hydrogen) atoms. The van der Waals surface area contributed by atoms with Crippen LogP contribution in [-0.2, 0) is 6.42 Å². The van der Waals surface area contributed by atoms with Gasteiger partial charge < -0.3 is 15.4 Å². The lowest BCUT2D eigenvalue weighted by molar-refractivity contribution is 0.0949. The topological polar surface area (TPSA) is 76.1 Å². The van der Waals surface area contributed by atoms with Gasteiger partial charge in [-0.25, -0.2) is 9.97 Å². The van der Waals surface area contributed by atoms with Crippen LogP contribution < -0.4 is 15.4 Å². The molecule has 2 N–H and O–H groups in total. The van der Waals surface area contributed by atoms with E-state index in [4.69, 9.17) is 4.74 Å². The number of hydrogen-bond donors (Lipinski definition) is 2. The predicted octanol–water partition coefficient (Wildman–Crippen LogP) is 2.03. The van der Waals surface area contributed by atoms with Crippen LogP contribution in [-0.4, -0.2) is 35.6 Å². The molecule has 0 atom stereocenters. The maximum Gasteiger partial charge on any atom is 0.271 e. The molecule has 0 aliphatic heterocycles. The first-order valence-electron chi connectivity index (χ1n) is 7.74. The van der Waals surface area contributed by atoms with Crippen molar-refractivity contribution in [2.45, 2.75) is 25.3 Å². The molecule has 0 unspecified atom stereocenters. The maximum absolute atomic E-state index is 12.0. The molecule has 3 rings (SSSR count). The fourth-order valence-corrected chi connectivity index (χ4v) is 2.16. The molecule has 120 valence electrons. The average molecular weight is 312 g/mol. The van der Waals surface area contributed by atoms with Crippen LogP contribution in [0.15, 0.2) is 36.7 Å². The van der Waals surface area contributed by atoms with Crippen LogP contribution in [0.5, 0.6) is 5.75 Å². The van der Waals surface area contributed by atoms with Crippen LogP contribution in [0, 0.1) is 0 Å². The number of anilines is 1. The lowest BCUT2D eigenvalue weighted by atomic mass is 10.1. The van der Waals surface area contributed by atoms with Gasteiger partial charge in [0.1, 0.15) is 17.3 Å². The molecule has 0 saturated heterocycles. The van der Waals surface area contributed by atoms with Crippen molar-refractivity contribution in [3.63, 3.8) is 0 Å². The summed E-state index contributed by atoms with van der Waals surface area (Å²) in [5.41, 5.74) is 1.47. The van der Waals surface area contributed by atoms with Gasteiger partial charge in [0, 0.05) is 12.6 Å². The van der Waals surface area contributed by atoms with Gasteiger partial charge in [0.25, 0.3) is 5.91 Å². The molecular formula is C17H20N4O2. The Morgan fingerprint density at radius 3 is 2.61 bits per heavy atom. The standard InChI is InChI=1S/C17H20N4O2/c1-23-14-6-2-12(3-7-14)8-9-18-17(22)15-10-20-16(11-19-15)21-13-4-5-13/h2-3,6-7,10-11,13H,4-5,8-9H2,1H3,(H,18,22)(H,20,21). The second kappa shape index (κ2) is 7.09. The third-order valence-corrected chi connectivity index (χ3v) is 3.67. The molecular weight excluding hydrogens is 292 g/mol. The zero-order valence-corrected chi connectivity index (χ0v) is 13.1. The Labute approximate surface area is 135 Å². The Balaban J connectivity index is 1.46. The first kappa shape index (κ1) is 15.3. The Kier molecular flexibility index (Phi) is 4.71. The summed E-state index contributed by atoms with van der Waals surface area (Å²) in [6.45, 7) is 0.551. The Bertz CT molecular complexity index is 651. The molecule has 1 aromatic carbocycles. The van der Waals surface area contributed by atoms with E-state index in [-0.39, 0.29) is 5.91 Å². The number of nitrogens with one attached hydrogen (secondary N) is 2. The molecule has 6 heteroatoms. The molecule has 2 aromatic rings. The average Bonchev–Trinajstić information content (AvgIpc) is 3.40. The normalized spacial score (nSPS) is 13.4. The van der Waals surface area contributed by atoms with Crippen LogP contribution in [0.25, 0.3) is 0 Å². The highest BCUT2D eigenvalue weighted by Crippen LogP contribution is 2.23. The minimum Gasteiger partial charge on any atom is -0.497 e. The summed E-state index contributed by atoms with van der Waals surface area (Å²) in [5.74, 6) is 1.35. The van der Waals surface area contributed by atoms with E-state index in [9.17, 15) is 4.79 Å². The third-order valence-electron chi connectivity index (χ3n) is 3.67. The highest BCUT2D eigenvalue weighted by atomic mass is 16.5. The number of aromatic nitrogens is 2. The van der Waals surface area contributed by atoms with E-state index in [1.54, 1.807) is 13.3 Å². The molecule has 6 nitrogen and oxygen atoms in total. The first-order valence-corrected chi connectivity index (χ1v) is 7.74. The summed E-state index contributed by atoms with van der Waals surface area (Å²) in [4.78, 5) is 20.4. The molecule has 1 amide bonds. The highest BCUT2D eigenvalue weighted by Gasteiger charge is 2.21. The van der Waals surface area contributed by atoms with Crippen LogP contribution in [0.4, 0.5) is 5.82 Å². The van der Waals surface area contributed by atoms with Crippen molar-refractivity contribution in [3.05, 3.63) is 47.9 Å². The lowest BCUT2D eigenvalue weighted by Gasteiger charge is -2.07. The predicted molar refractivity (Wildman–Crippen MR) is 87.7 cm³/mol. The second-order valence-electron chi connectivity index (χ2n) is 5.56. The summed E-state index contributed by atoms with van der Waals surface area (Å²) < 4.78 is 5.12. The van der Waals surface area contributed by atoms with Crippen LogP contribution >= 0.6 is 0 Å². The molecule has 1 aliphatic rings. The summed E-state index contributed by atoms with van der Waals surface area (Å²) in [7, 11) is 1.64. The number of carbonyl (C=O) groups is 1. The van der Waals surface area contributed by atoms with Gasteiger partial charge in [-0.05, 0) is 37.0 Å². The van der Waals surface area contributed by atoms with E-state index in [1.165, 1.54) is 19.0 Å². The number of amides is 1. The van der Waals surface area contributed by atoms with Crippen molar-refractivity contribution < 1.29 is 9.53 Å². The van der Waals surface area contributed by atoms with Crippen molar-refractivity contribution in [1.82, 2.24) is 15.3 Å². The lowest BCUT2D eigenvalue weighted by Crippen LogP contribution is -2.26. The summed E-state index contributed by atoms with van der Waals surface area (Å²) >= 11 is 0. The largest absolute Gasteiger partial charge is 0.497 e. The van der Waals surface area contributed by atoms with E-state index >= 15 is 0 Å². The highest BCUT2D eigenvalue weighted by molar-refractivity contribution is 5.91. The summed E-state index contributed by atoms with van der Waals surface area (Å²) in [6, 6.07) is 8.32. The van der Waals surface area contributed by atoms with E-state index in [2.05, 4.69) is 20.6 Å². The zero-order chi connectivity index (χ0) is 16.1. The van der Waals surface area contributed by atoms with Gasteiger partial charge in [0.05, 0.1) is 19.5 Å². The van der Waals surface area contributed by atoms with Crippen LogP contribution in [0.2, 0.25) is 0 Å². The van der Waals surface area contributed by atoms with Crippen molar-refractivity contribution in [2.75, 3.05) is 19.0 Å². The molecule has 0 radical (unpaired) electrons. The van der Waals surface area contributed by atoms with Crippen molar-refractivity contribution in [2.24, 2.45) is 0 Å². The number of nitrogens with zero attached hydrogens (tertiary/aromatic N) is 2. The maximum atomic E-state index is 12.0. The molecule has 1 saturated carbocycles. The van der Waals surface area contributed by atoms with Crippen molar-refractivity contribution in [1.29, 1.82) is 0 Å². The Morgan fingerprint density at radius 1 is 1.22 bits per heavy atom. The fraction of sp³-hybridized carbons (Fsp3) is 0.353. The molecule has 1 aromatic heterocycles. The molecule has 1 heterocycles. The van der Waals surface area contributed by atoms with E-state index < -0.39 is 0 Å². The fourth-order valence-electron chi connectivity index (χ4n) is 2.16. The number of methoxy groups -OCH3 is 1. The number of rotatable bonds is 7. The monoisotopic (exact) mass is 312 g/mol. The molecule has 0 spiro atoms. The number of hydrogen-bond acceptors (Lipinski definition) is 5. The second-order valence-corrected chi connectivity index (χ2v) is 5.56. The SMILES string of the molecule is COc1ccc(CCNC(=O)c2cnc(NC3CC3)cn2)cc1. The number of ether oxygens (including phenoxy) is 1. The van der Waals surface area contributed by atoms with Gasteiger partial charge in [-0.15, -0.1) is 0 Å². The van der Waals surface area contributed by atoms with Gasteiger partial charge in [0.15, 0.2) is 0 Å². The van der Waals surface area contributed by atoms with Gasteiger partial charge in [-0.2, -0.15) is 0 Å². The van der Waals surface area contributed by atoms with Crippen LogP contribution in [0.1, 0.15) is 28.9 Å². The minimum absolute atomic E-state index is 0.205. The van der Waals surface area contributed by atoms with Gasteiger partial charge in [0.2, 0.25) is 0 Å². The van der Waals surface area contributed by atoms with E-state index in [0.717, 1.165) is 23.6 Å². The quantitative estimate of drug-likeness (QED) is 0.818. The molecule has 1 aliphatic carbocycles. The van der Waals surface area contributed by atoms with Gasteiger partial charge in [-0.3, -0.25) is 4.79 Å². The molecule has 0 bridgehead atoms. The van der Waals surface area contributed by atoms with Crippen LogP contribution in [0.3, 0.4) is 0 Å². The number of carbonyl (C=O) groups excluding carboxylic acids is 1. The molecule has 1 fully saturated rings. The minimum atomic E-state index is -0.205.